The summed E-state index contributed by atoms with van der Waals surface area (Å²) in [7, 11) is -4.31. The molecule has 1 aliphatic heterocycles. The zero-order chi connectivity index (χ0) is 21.1. The maximum absolute atomic E-state index is 13.9. The van der Waals surface area contributed by atoms with Gasteiger partial charge in [0.25, 0.3) is 10.0 Å². The minimum atomic E-state index is -4.31. The lowest BCUT2D eigenvalue weighted by molar-refractivity contribution is 0.122. The number of anilines is 2. The average molecular weight is 432 g/mol. The lowest BCUT2D eigenvalue weighted by Gasteiger charge is -2.27. The number of benzene rings is 2. The van der Waals surface area contributed by atoms with Crippen LogP contribution in [-0.4, -0.2) is 44.9 Å². The van der Waals surface area contributed by atoms with Crippen LogP contribution >= 0.6 is 0 Å². The summed E-state index contributed by atoms with van der Waals surface area (Å²) in [5.74, 6) is -1.15. The van der Waals surface area contributed by atoms with Gasteiger partial charge in [-0.25, -0.2) is 17.2 Å². The van der Waals surface area contributed by atoms with Crippen molar-refractivity contribution in [3.63, 3.8) is 0 Å². The second kappa shape index (κ2) is 8.33. The summed E-state index contributed by atoms with van der Waals surface area (Å²) in [6.45, 7) is 2.75. The van der Waals surface area contributed by atoms with Gasteiger partial charge in [0.2, 0.25) is 0 Å². The summed E-state index contributed by atoms with van der Waals surface area (Å²) in [4.78, 5) is 1.31. The zero-order valence-electron chi connectivity index (χ0n) is 15.8. The molecule has 0 radical (unpaired) electrons. The molecule has 0 aliphatic carbocycles. The minimum absolute atomic E-state index is 0.190. The van der Waals surface area contributed by atoms with Gasteiger partial charge in [-0.15, -0.1) is 10.2 Å². The van der Waals surface area contributed by atoms with E-state index in [4.69, 9.17) is 4.74 Å². The predicted molar refractivity (Wildman–Crippen MR) is 108 cm³/mol. The summed E-state index contributed by atoms with van der Waals surface area (Å²) in [6.07, 6.45) is 0. The first kappa shape index (κ1) is 20.2. The van der Waals surface area contributed by atoms with Crippen LogP contribution in [0.4, 0.5) is 20.3 Å². The molecule has 0 amide bonds. The molecule has 10 heteroatoms. The maximum atomic E-state index is 13.9. The van der Waals surface area contributed by atoms with Crippen LogP contribution < -0.4 is 9.62 Å². The van der Waals surface area contributed by atoms with Gasteiger partial charge >= 0.3 is 0 Å². The number of halogens is 2. The highest BCUT2D eigenvalue weighted by molar-refractivity contribution is 7.92. The molecule has 1 fully saturated rings. The van der Waals surface area contributed by atoms with E-state index in [-0.39, 0.29) is 5.69 Å². The van der Waals surface area contributed by atoms with Crippen LogP contribution in [0.25, 0.3) is 11.3 Å². The minimum Gasteiger partial charge on any atom is -0.378 e. The standard InChI is InChI=1S/C20H18F2N4O3S/c21-15-4-5-17(22)19(13-15)30(27,28)25-16-3-1-2-14(12-16)18-6-7-20(24-23-18)26-8-10-29-11-9-26/h1-7,12-13,25H,8-11H2. The monoisotopic (exact) mass is 432 g/mol. The molecule has 1 aromatic heterocycles. The van der Waals surface area contributed by atoms with Gasteiger partial charge in [-0.1, -0.05) is 12.1 Å². The van der Waals surface area contributed by atoms with Crippen molar-refractivity contribution >= 4 is 21.5 Å². The van der Waals surface area contributed by atoms with E-state index in [9.17, 15) is 17.2 Å². The zero-order valence-corrected chi connectivity index (χ0v) is 16.6. The Morgan fingerprint density at radius 3 is 2.50 bits per heavy atom. The van der Waals surface area contributed by atoms with Gasteiger partial charge in [0, 0.05) is 24.3 Å². The van der Waals surface area contributed by atoms with Gasteiger partial charge in [-0.2, -0.15) is 0 Å². The van der Waals surface area contributed by atoms with E-state index in [0.717, 1.165) is 31.0 Å². The van der Waals surface area contributed by atoms with E-state index < -0.39 is 26.6 Å². The molecule has 1 saturated heterocycles. The molecule has 0 saturated carbocycles. The van der Waals surface area contributed by atoms with Crippen molar-refractivity contribution in [1.29, 1.82) is 0 Å². The number of morpholine rings is 1. The van der Waals surface area contributed by atoms with Gasteiger partial charge < -0.3 is 9.64 Å². The van der Waals surface area contributed by atoms with Crippen LogP contribution in [-0.2, 0) is 14.8 Å². The molecular weight excluding hydrogens is 414 g/mol. The smallest absolute Gasteiger partial charge is 0.264 e. The first-order valence-corrected chi connectivity index (χ1v) is 10.7. The Morgan fingerprint density at radius 2 is 1.77 bits per heavy atom. The van der Waals surface area contributed by atoms with Gasteiger partial charge in [-0.3, -0.25) is 4.72 Å². The highest BCUT2D eigenvalue weighted by Crippen LogP contribution is 2.25. The largest absolute Gasteiger partial charge is 0.378 e. The fraction of sp³-hybridized carbons (Fsp3) is 0.200. The molecule has 2 heterocycles. The molecular formula is C20H18F2N4O3S. The number of ether oxygens (including phenoxy) is 1. The van der Waals surface area contributed by atoms with E-state index in [0.29, 0.717) is 30.5 Å². The van der Waals surface area contributed by atoms with Crippen molar-refractivity contribution in [2.24, 2.45) is 0 Å². The normalized spacial score (nSPS) is 14.5. The van der Waals surface area contributed by atoms with Gasteiger partial charge in [0.15, 0.2) is 5.82 Å². The second-order valence-electron chi connectivity index (χ2n) is 6.64. The van der Waals surface area contributed by atoms with Crippen molar-refractivity contribution in [2.45, 2.75) is 4.90 Å². The highest BCUT2D eigenvalue weighted by atomic mass is 32.2. The van der Waals surface area contributed by atoms with E-state index in [2.05, 4.69) is 19.8 Å². The fourth-order valence-corrected chi connectivity index (χ4v) is 4.22. The number of hydrogen-bond donors (Lipinski definition) is 1. The molecule has 4 rings (SSSR count). The average Bonchev–Trinajstić information content (AvgIpc) is 2.76. The van der Waals surface area contributed by atoms with Crippen LogP contribution in [0, 0.1) is 11.6 Å². The van der Waals surface area contributed by atoms with Gasteiger partial charge in [0.1, 0.15) is 16.5 Å². The third-order valence-electron chi connectivity index (χ3n) is 4.58. The van der Waals surface area contributed by atoms with Crippen LogP contribution in [0.1, 0.15) is 0 Å². The van der Waals surface area contributed by atoms with E-state index >= 15 is 0 Å². The Labute approximate surface area is 172 Å². The number of sulfonamides is 1. The Kier molecular flexibility index (Phi) is 5.60. The maximum Gasteiger partial charge on any atom is 0.264 e. The number of aromatic nitrogens is 2. The molecule has 0 bridgehead atoms. The Morgan fingerprint density at radius 1 is 0.967 bits per heavy atom. The molecule has 0 unspecified atom stereocenters. The van der Waals surface area contributed by atoms with Crippen molar-refractivity contribution in [3.8, 4) is 11.3 Å². The number of rotatable bonds is 5. The summed E-state index contributed by atoms with van der Waals surface area (Å²) in [6, 6.07) is 12.3. The highest BCUT2D eigenvalue weighted by Gasteiger charge is 2.20. The molecule has 30 heavy (non-hydrogen) atoms. The van der Waals surface area contributed by atoms with Crippen molar-refractivity contribution in [1.82, 2.24) is 10.2 Å². The van der Waals surface area contributed by atoms with Gasteiger partial charge in [0.05, 0.1) is 18.9 Å². The molecule has 3 aromatic rings. The molecule has 156 valence electrons. The van der Waals surface area contributed by atoms with E-state index in [1.807, 2.05) is 6.07 Å². The molecule has 0 spiro atoms. The predicted octanol–water partition coefficient (Wildman–Crippen LogP) is 3.06. The van der Waals surface area contributed by atoms with E-state index in [1.54, 1.807) is 24.3 Å². The van der Waals surface area contributed by atoms with E-state index in [1.165, 1.54) is 6.07 Å². The molecule has 2 aromatic carbocycles. The Balaban J connectivity index is 1.56. The molecule has 1 aliphatic rings. The Hall–Kier alpha value is -3.11. The number of nitrogens with zero attached hydrogens (tertiary/aromatic N) is 3. The SMILES string of the molecule is O=S(=O)(Nc1cccc(-c2ccc(N3CCOCC3)nn2)c1)c1cc(F)ccc1F. The quantitative estimate of drug-likeness (QED) is 0.667. The van der Waals surface area contributed by atoms with Crippen LogP contribution in [0.3, 0.4) is 0 Å². The van der Waals surface area contributed by atoms with Crippen molar-refractivity contribution < 1.29 is 21.9 Å². The van der Waals surface area contributed by atoms with Crippen LogP contribution in [0.2, 0.25) is 0 Å². The van der Waals surface area contributed by atoms with Crippen LogP contribution in [0.15, 0.2) is 59.5 Å². The number of hydrogen-bond acceptors (Lipinski definition) is 6. The first-order chi connectivity index (χ1) is 14.4. The summed E-state index contributed by atoms with van der Waals surface area (Å²) < 4.78 is 59.8. The topological polar surface area (TPSA) is 84.4 Å². The van der Waals surface area contributed by atoms with Crippen LogP contribution in [0.5, 0.6) is 0 Å². The van der Waals surface area contributed by atoms with Crippen molar-refractivity contribution in [3.05, 3.63) is 66.2 Å². The second-order valence-corrected chi connectivity index (χ2v) is 8.29. The molecule has 1 N–H and O–H groups in total. The third kappa shape index (κ3) is 4.39. The lowest BCUT2D eigenvalue weighted by atomic mass is 10.1. The molecule has 0 atom stereocenters. The summed E-state index contributed by atoms with van der Waals surface area (Å²) >= 11 is 0. The number of nitrogens with one attached hydrogen (secondary N) is 1. The van der Waals surface area contributed by atoms with Crippen molar-refractivity contribution in [2.75, 3.05) is 35.9 Å². The fourth-order valence-electron chi connectivity index (χ4n) is 3.08. The summed E-state index contributed by atoms with van der Waals surface area (Å²) in [5, 5.41) is 8.47. The first-order valence-electron chi connectivity index (χ1n) is 9.17. The summed E-state index contributed by atoms with van der Waals surface area (Å²) in [5.41, 5.74) is 1.36. The van der Waals surface area contributed by atoms with Gasteiger partial charge in [-0.05, 0) is 42.5 Å². The third-order valence-corrected chi connectivity index (χ3v) is 5.98. The Bertz CT molecular complexity index is 1150. The molecule has 7 nitrogen and oxygen atoms in total. The lowest BCUT2D eigenvalue weighted by Crippen LogP contribution is -2.36.